The Labute approximate surface area is 110 Å². The molecule has 3 heteroatoms. The zero-order valence-electron chi connectivity index (χ0n) is 11.8. The first-order chi connectivity index (χ1) is 8.52. The van der Waals surface area contributed by atoms with Gasteiger partial charge < -0.3 is 10.6 Å². The summed E-state index contributed by atoms with van der Waals surface area (Å²) in [6.45, 7) is 8.57. The number of nitrogens with one attached hydrogen (secondary N) is 2. The molecule has 0 aromatic heterocycles. The van der Waals surface area contributed by atoms with E-state index in [1.165, 1.54) is 5.56 Å². The van der Waals surface area contributed by atoms with Crippen molar-refractivity contribution in [2.24, 2.45) is 0 Å². The summed E-state index contributed by atoms with van der Waals surface area (Å²) in [6, 6.07) is 8.78. The summed E-state index contributed by atoms with van der Waals surface area (Å²) < 4.78 is 0. The van der Waals surface area contributed by atoms with E-state index >= 15 is 0 Å². The van der Waals surface area contributed by atoms with Crippen molar-refractivity contribution in [2.45, 2.75) is 46.2 Å². The van der Waals surface area contributed by atoms with Crippen LogP contribution in [-0.2, 0) is 11.2 Å². The Morgan fingerprint density at radius 1 is 1.17 bits per heavy atom. The fourth-order valence-corrected chi connectivity index (χ4v) is 1.71. The Morgan fingerprint density at radius 2 is 1.78 bits per heavy atom. The third-order valence-corrected chi connectivity index (χ3v) is 2.94. The molecule has 0 aliphatic rings. The van der Waals surface area contributed by atoms with E-state index in [2.05, 4.69) is 41.8 Å². The summed E-state index contributed by atoms with van der Waals surface area (Å²) in [5, 5.41) is 6.10. The third-order valence-electron chi connectivity index (χ3n) is 2.94. The largest absolute Gasteiger partial charge is 0.348 e. The lowest BCUT2D eigenvalue weighted by molar-refractivity contribution is -0.121. The Balaban J connectivity index is 2.48. The van der Waals surface area contributed by atoms with Gasteiger partial charge in [-0.2, -0.15) is 0 Å². The van der Waals surface area contributed by atoms with E-state index in [0.717, 1.165) is 12.0 Å². The van der Waals surface area contributed by atoms with E-state index < -0.39 is 0 Å². The first-order valence-electron chi connectivity index (χ1n) is 6.64. The van der Waals surface area contributed by atoms with Gasteiger partial charge in [-0.15, -0.1) is 0 Å². The van der Waals surface area contributed by atoms with Crippen LogP contribution >= 0.6 is 0 Å². The fourth-order valence-electron chi connectivity index (χ4n) is 1.71. The van der Waals surface area contributed by atoms with Crippen molar-refractivity contribution < 1.29 is 4.79 Å². The Bertz CT molecular complexity index is 371. The lowest BCUT2D eigenvalue weighted by Gasteiger charge is -2.16. The zero-order valence-corrected chi connectivity index (χ0v) is 11.8. The Hall–Kier alpha value is -1.35. The number of hydrogen-bond donors (Lipinski definition) is 2. The summed E-state index contributed by atoms with van der Waals surface area (Å²) in [6.07, 6.45) is 1.04. The van der Waals surface area contributed by atoms with Gasteiger partial charge in [-0.25, -0.2) is 0 Å². The van der Waals surface area contributed by atoms with E-state index in [9.17, 15) is 4.79 Å². The van der Waals surface area contributed by atoms with E-state index in [1.54, 1.807) is 0 Å². The smallest absolute Gasteiger partial charge is 0.234 e. The van der Waals surface area contributed by atoms with Crippen LogP contribution < -0.4 is 10.6 Å². The van der Waals surface area contributed by atoms with Gasteiger partial charge in [-0.1, -0.05) is 45.0 Å². The van der Waals surface area contributed by atoms with E-state index in [0.29, 0.717) is 12.6 Å². The van der Waals surface area contributed by atoms with Gasteiger partial charge in [0, 0.05) is 6.04 Å². The molecule has 0 saturated heterocycles. The van der Waals surface area contributed by atoms with Gasteiger partial charge in [0.2, 0.25) is 5.91 Å². The van der Waals surface area contributed by atoms with Crippen molar-refractivity contribution in [3.05, 3.63) is 35.4 Å². The second-order valence-electron chi connectivity index (χ2n) is 4.92. The molecule has 0 radical (unpaired) electrons. The van der Waals surface area contributed by atoms with E-state index in [1.807, 2.05) is 20.8 Å². The summed E-state index contributed by atoms with van der Waals surface area (Å²) >= 11 is 0. The molecule has 0 heterocycles. The standard InChI is InChI=1S/C15H24N2O/c1-5-13-6-8-14(9-7-13)12(4)17-15(18)10-16-11(2)3/h6-9,11-12,16H,5,10H2,1-4H3,(H,17,18). The molecule has 2 N–H and O–H groups in total. The Morgan fingerprint density at radius 3 is 2.28 bits per heavy atom. The van der Waals surface area contributed by atoms with Crippen LogP contribution in [0.3, 0.4) is 0 Å². The SMILES string of the molecule is CCc1ccc(C(C)NC(=O)CNC(C)C)cc1. The number of amides is 1. The maximum Gasteiger partial charge on any atom is 0.234 e. The molecule has 100 valence electrons. The average Bonchev–Trinajstić information content (AvgIpc) is 2.36. The lowest BCUT2D eigenvalue weighted by atomic mass is 10.1. The molecular formula is C15H24N2O. The molecule has 1 aromatic rings. The summed E-state index contributed by atoms with van der Waals surface area (Å²) in [5.74, 6) is 0.0377. The molecule has 0 saturated carbocycles. The number of hydrogen-bond acceptors (Lipinski definition) is 2. The molecule has 3 nitrogen and oxygen atoms in total. The van der Waals surface area contributed by atoms with Gasteiger partial charge in [0.15, 0.2) is 0 Å². The van der Waals surface area contributed by atoms with Crippen molar-refractivity contribution in [3.8, 4) is 0 Å². The van der Waals surface area contributed by atoms with Crippen molar-refractivity contribution in [1.29, 1.82) is 0 Å². The van der Waals surface area contributed by atoms with Crippen molar-refractivity contribution in [2.75, 3.05) is 6.54 Å². The van der Waals surface area contributed by atoms with Crippen LogP contribution in [0, 0.1) is 0 Å². The molecule has 18 heavy (non-hydrogen) atoms. The van der Waals surface area contributed by atoms with Crippen LogP contribution in [0.1, 0.15) is 44.9 Å². The zero-order chi connectivity index (χ0) is 13.5. The van der Waals surface area contributed by atoms with Gasteiger partial charge in [-0.3, -0.25) is 4.79 Å². The molecule has 1 amide bonds. The molecule has 0 spiro atoms. The summed E-state index contributed by atoms with van der Waals surface area (Å²) in [5.41, 5.74) is 2.46. The van der Waals surface area contributed by atoms with Crippen LogP contribution in [0.15, 0.2) is 24.3 Å². The maximum absolute atomic E-state index is 11.7. The minimum atomic E-state index is 0.0377. The maximum atomic E-state index is 11.7. The number of aryl methyl sites for hydroxylation is 1. The third kappa shape index (κ3) is 4.88. The number of rotatable bonds is 6. The van der Waals surface area contributed by atoms with Crippen LogP contribution in [0.25, 0.3) is 0 Å². The summed E-state index contributed by atoms with van der Waals surface area (Å²) in [7, 11) is 0. The van der Waals surface area contributed by atoms with Crippen LogP contribution in [0.2, 0.25) is 0 Å². The second kappa shape index (κ2) is 7.17. The first kappa shape index (κ1) is 14.7. The normalized spacial score (nSPS) is 12.5. The fraction of sp³-hybridized carbons (Fsp3) is 0.533. The molecule has 0 fully saturated rings. The van der Waals surface area contributed by atoms with Crippen LogP contribution in [-0.4, -0.2) is 18.5 Å². The van der Waals surface area contributed by atoms with Crippen molar-refractivity contribution >= 4 is 5.91 Å². The van der Waals surface area contributed by atoms with Gasteiger partial charge >= 0.3 is 0 Å². The molecule has 1 unspecified atom stereocenters. The topological polar surface area (TPSA) is 41.1 Å². The Kier molecular flexibility index (Phi) is 5.86. The number of carbonyl (C=O) groups excluding carboxylic acids is 1. The van der Waals surface area contributed by atoms with Gasteiger partial charge in [0.25, 0.3) is 0 Å². The van der Waals surface area contributed by atoms with Crippen LogP contribution in [0.5, 0.6) is 0 Å². The van der Waals surface area contributed by atoms with E-state index in [-0.39, 0.29) is 11.9 Å². The highest BCUT2D eigenvalue weighted by atomic mass is 16.1. The van der Waals surface area contributed by atoms with Crippen molar-refractivity contribution in [1.82, 2.24) is 10.6 Å². The number of benzene rings is 1. The molecule has 1 atom stereocenters. The molecule has 0 aliphatic heterocycles. The predicted octanol–water partition coefficient (Wildman–Crippen LogP) is 2.42. The van der Waals surface area contributed by atoms with E-state index in [4.69, 9.17) is 0 Å². The molecule has 1 aromatic carbocycles. The molecule has 0 aliphatic carbocycles. The minimum Gasteiger partial charge on any atom is -0.348 e. The molecular weight excluding hydrogens is 224 g/mol. The first-order valence-corrected chi connectivity index (χ1v) is 6.64. The number of carbonyl (C=O) groups is 1. The minimum absolute atomic E-state index is 0.0377. The average molecular weight is 248 g/mol. The summed E-state index contributed by atoms with van der Waals surface area (Å²) in [4.78, 5) is 11.7. The van der Waals surface area contributed by atoms with Crippen molar-refractivity contribution in [3.63, 3.8) is 0 Å². The molecule has 1 rings (SSSR count). The molecule has 0 bridgehead atoms. The highest BCUT2D eigenvalue weighted by Gasteiger charge is 2.09. The van der Waals surface area contributed by atoms with Crippen LogP contribution in [0.4, 0.5) is 0 Å². The lowest BCUT2D eigenvalue weighted by Crippen LogP contribution is -2.37. The quantitative estimate of drug-likeness (QED) is 0.812. The monoisotopic (exact) mass is 248 g/mol. The van der Waals surface area contributed by atoms with Gasteiger partial charge in [-0.05, 0) is 24.5 Å². The second-order valence-corrected chi connectivity index (χ2v) is 4.92. The highest BCUT2D eigenvalue weighted by Crippen LogP contribution is 2.13. The highest BCUT2D eigenvalue weighted by molar-refractivity contribution is 5.78. The predicted molar refractivity (Wildman–Crippen MR) is 75.5 cm³/mol. The van der Waals surface area contributed by atoms with Gasteiger partial charge in [0.05, 0.1) is 12.6 Å². The van der Waals surface area contributed by atoms with Gasteiger partial charge in [0.1, 0.15) is 0 Å².